The van der Waals surface area contributed by atoms with E-state index in [-0.39, 0.29) is 29.2 Å². The zero-order valence-electron chi connectivity index (χ0n) is 12.4. The van der Waals surface area contributed by atoms with Crippen LogP contribution >= 0.6 is 11.8 Å². The van der Waals surface area contributed by atoms with Crippen LogP contribution in [0.1, 0.15) is 46.5 Å². The van der Waals surface area contributed by atoms with Crippen molar-refractivity contribution in [3.05, 3.63) is 0 Å². The van der Waals surface area contributed by atoms with E-state index in [1.54, 1.807) is 16.7 Å². The van der Waals surface area contributed by atoms with Gasteiger partial charge in [-0.15, -0.1) is 11.8 Å². The first-order chi connectivity index (χ1) is 8.83. The molecule has 1 aliphatic rings. The Labute approximate surface area is 120 Å². The van der Waals surface area contributed by atoms with Crippen molar-refractivity contribution in [2.75, 3.05) is 19.4 Å². The second kappa shape index (κ2) is 7.17. The lowest BCUT2D eigenvalue weighted by atomic mass is 10.2. The number of nitrogens with zero attached hydrogens (tertiary/aromatic N) is 1. The molecular weight excluding hydrogens is 262 g/mol. The maximum Gasteiger partial charge on any atom is 0.325 e. The van der Waals surface area contributed by atoms with Crippen molar-refractivity contribution in [2.45, 2.75) is 57.2 Å². The third kappa shape index (κ3) is 5.85. The van der Waals surface area contributed by atoms with Gasteiger partial charge < -0.3 is 9.64 Å². The Morgan fingerprint density at radius 1 is 1.26 bits per heavy atom. The average Bonchev–Trinajstić information content (AvgIpc) is 2.85. The molecule has 0 bridgehead atoms. The van der Waals surface area contributed by atoms with E-state index in [1.807, 2.05) is 0 Å². The van der Waals surface area contributed by atoms with Gasteiger partial charge in [0.2, 0.25) is 5.91 Å². The second-order valence-electron chi connectivity index (χ2n) is 5.94. The van der Waals surface area contributed by atoms with Gasteiger partial charge in [-0.05, 0) is 12.8 Å². The maximum atomic E-state index is 12.3. The lowest BCUT2D eigenvalue weighted by Crippen LogP contribution is -2.43. The van der Waals surface area contributed by atoms with Crippen LogP contribution in [-0.2, 0) is 14.3 Å². The molecule has 0 aliphatic heterocycles. The second-order valence-corrected chi connectivity index (χ2v) is 7.74. The number of ether oxygens (including phenoxy) is 1. The number of amides is 1. The topological polar surface area (TPSA) is 46.6 Å². The number of esters is 1. The highest BCUT2D eigenvalue weighted by atomic mass is 32.2. The molecule has 19 heavy (non-hydrogen) atoms. The monoisotopic (exact) mass is 287 g/mol. The molecule has 1 saturated carbocycles. The molecule has 1 rings (SSSR count). The average molecular weight is 287 g/mol. The molecule has 0 heterocycles. The van der Waals surface area contributed by atoms with E-state index in [0.717, 1.165) is 25.7 Å². The van der Waals surface area contributed by atoms with E-state index in [0.29, 0.717) is 5.75 Å². The van der Waals surface area contributed by atoms with E-state index in [4.69, 9.17) is 4.74 Å². The molecule has 0 aromatic heterocycles. The molecule has 1 aliphatic carbocycles. The number of carbonyl (C=O) groups excluding carboxylic acids is 2. The summed E-state index contributed by atoms with van der Waals surface area (Å²) < 4.78 is 4.75. The minimum absolute atomic E-state index is 0.0530. The van der Waals surface area contributed by atoms with Gasteiger partial charge in [0.05, 0.1) is 12.9 Å². The molecule has 0 radical (unpaired) electrons. The zero-order chi connectivity index (χ0) is 14.5. The summed E-state index contributed by atoms with van der Waals surface area (Å²) in [6, 6.07) is 0.215. The Hall–Kier alpha value is -0.710. The zero-order valence-corrected chi connectivity index (χ0v) is 13.2. The highest BCUT2D eigenvalue weighted by Gasteiger charge is 2.29. The van der Waals surface area contributed by atoms with Gasteiger partial charge in [-0.3, -0.25) is 9.59 Å². The Balaban J connectivity index is 2.61. The number of hydrogen-bond donors (Lipinski definition) is 0. The van der Waals surface area contributed by atoms with Gasteiger partial charge >= 0.3 is 5.97 Å². The van der Waals surface area contributed by atoms with Gasteiger partial charge in [0.1, 0.15) is 6.54 Å². The first kappa shape index (κ1) is 16.3. The molecular formula is C14H25NO3S. The molecule has 1 fully saturated rings. The van der Waals surface area contributed by atoms with Crippen LogP contribution in [0.3, 0.4) is 0 Å². The molecule has 5 heteroatoms. The Morgan fingerprint density at radius 2 is 1.84 bits per heavy atom. The van der Waals surface area contributed by atoms with E-state index in [2.05, 4.69) is 20.8 Å². The smallest absolute Gasteiger partial charge is 0.325 e. The van der Waals surface area contributed by atoms with Crippen LogP contribution in [0.5, 0.6) is 0 Å². The van der Waals surface area contributed by atoms with Gasteiger partial charge in [0.15, 0.2) is 0 Å². The quantitative estimate of drug-likeness (QED) is 0.729. The molecule has 0 unspecified atom stereocenters. The molecule has 1 amide bonds. The van der Waals surface area contributed by atoms with Gasteiger partial charge in [-0.1, -0.05) is 33.6 Å². The summed E-state index contributed by atoms with van der Waals surface area (Å²) in [5.41, 5.74) is 0. The van der Waals surface area contributed by atoms with E-state index in [9.17, 15) is 9.59 Å². The molecule has 0 spiro atoms. The molecule has 110 valence electrons. The summed E-state index contributed by atoms with van der Waals surface area (Å²) in [7, 11) is 1.36. The lowest BCUT2D eigenvalue weighted by Gasteiger charge is -2.29. The van der Waals surface area contributed by atoms with Crippen LogP contribution in [0, 0.1) is 0 Å². The fourth-order valence-corrected chi connectivity index (χ4v) is 2.92. The summed E-state index contributed by atoms with van der Waals surface area (Å²) >= 11 is 1.62. The van der Waals surface area contributed by atoms with Crippen LogP contribution in [0.25, 0.3) is 0 Å². The number of carbonyl (C=O) groups is 2. The Kier molecular flexibility index (Phi) is 6.17. The molecule has 0 saturated heterocycles. The van der Waals surface area contributed by atoms with Crippen molar-refractivity contribution in [3.63, 3.8) is 0 Å². The first-order valence-corrected chi connectivity index (χ1v) is 7.82. The molecule has 4 nitrogen and oxygen atoms in total. The normalized spacial score (nSPS) is 16.4. The first-order valence-electron chi connectivity index (χ1n) is 6.84. The summed E-state index contributed by atoms with van der Waals surface area (Å²) in [6.07, 6.45) is 4.29. The number of methoxy groups -OCH3 is 1. The Bertz CT molecular complexity index is 319. The third-order valence-electron chi connectivity index (χ3n) is 3.24. The van der Waals surface area contributed by atoms with Crippen LogP contribution in [0.2, 0.25) is 0 Å². The summed E-state index contributed by atoms with van der Waals surface area (Å²) in [6.45, 7) is 6.35. The fraction of sp³-hybridized carbons (Fsp3) is 0.857. The van der Waals surface area contributed by atoms with Crippen molar-refractivity contribution in [2.24, 2.45) is 0 Å². The van der Waals surface area contributed by atoms with Crippen LogP contribution < -0.4 is 0 Å². The van der Waals surface area contributed by atoms with E-state index in [1.165, 1.54) is 7.11 Å². The predicted octanol–water partition coefficient (Wildman–Crippen LogP) is 2.46. The highest BCUT2D eigenvalue weighted by molar-refractivity contribution is 8.01. The SMILES string of the molecule is COC(=O)CN(C(=O)CSC(C)(C)C)C1CCCC1. The van der Waals surface area contributed by atoms with E-state index < -0.39 is 0 Å². The predicted molar refractivity (Wildman–Crippen MR) is 78.2 cm³/mol. The van der Waals surface area contributed by atoms with Crippen molar-refractivity contribution >= 4 is 23.6 Å². The molecule has 0 aromatic rings. The lowest BCUT2D eigenvalue weighted by molar-refractivity contribution is -0.147. The van der Waals surface area contributed by atoms with Gasteiger partial charge in [-0.2, -0.15) is 0 Å². The van der Waals surface area contributed by atoms with Crippen molar-refractivity contribution in [1.29, 1.82) is 0 Å². The highest BCUT2D eigenvalue weighted by Crippen LogP contribution is 2.27. The van der Waals surface area contributed by atoms with Crippen LogP contribution in [-0.4, -0.2) is 47.0 Å². The minimum Gasteiger partial charge on any atom is -0.468 e. The largest absolute Gasteiger partial charge is 0.468 e. The third-order valence-corrected chi connectivity index (χ3v) is 4.50. The number of hydrogen-bond acceptors (Lipinski definition) is 4. The molecule has 0 N–H and O–H groups in total. The van der Waals surface area contributed by atoms with Gasteiger partial charge in [-0.25, -0.2) is 0 Å². The summed E-state index contributed by atoms with van der Waals surface area (Å²) in [4.78, 5) is 25.5. The van der Waals surface area contributed by atoms with Crippen molar-refractivity contribution in [1.82, 2.24) is 4.90 Å². The number of thioether (sulfide) groups is 1. The minimum atomic E-state index is -0.332. The number of rotatable bonds is 5. The van der Waals surface area contributed by atoms with E-state index >= 15 is 0 Å². The van der Waals surface area contributed by atoms with Gasteiger partial charge in [0, 0.05) is 10.8 Å². The maximum absolute atomic E-state index is 12.3. The van der Waals surface area contributed by atoms with Gasteiger partial charge in [0.25, 0.3) is 0 Å². The van der Waals surface area contributed by atoms with Crippen molar-refractivity contribution < 1.29 is 14.3 Å². The van der Waals surface area contributed by atoms with Crippen LogP contribution in [0.4, 0.5) is 0 Å². The standard InChI is InChI=1S/C14H25NO3S/c1-14(2,3)19-10-12(16)15(9-13(17)18-4)11-7-5-6-8-11/h11H,5-10H2,1-4H3. The molecule has 0 atom stereocenters. The molecule has 0 aromatic carbocycles. The Morgan fingerprint density at radius 3 is 2.32 bits per heavy atom. The van der Waals surface area contributed by atoms with Crippen LogP contribution in [0.15, 0.2) is 0 Å². The van der Waals surface area contributed by atoms with Crippen molar-refractivity contribution in [3.8, 4) is 0 Å². The fourth-order valence-electron chi connectivity index (χ4n) is 2.20. The summed E-state index contributed by atoms with van der Waals surface area (Å²) in [5, 5.41) is 0. The summed E-state index contributed by atoms with van der Waals surface area (Å²) in [5.74, 6) is 0.148.